The average molecular weight is 364 g/mol. The second kappa shape index (κ2) is 7.99. The minimum Gasteiger partial charge on any atom is -0.455 e. The molecule has 1 heterocycles. The van der Waals surface area contributed by atoms with Crippen molar-refractivity contribution in [2.24, 2.45) is 0 Å². The lowest BCUT2D eigenvalue weighted by Gasteiger charge is -2.12. The van der Waals surface area contributed by atoms with Crippen LogP contribution in [0, 0.1) is 19.7 Å². The number of carbonyl (C=O) groups excluding carboxylic acids is 1. The molecule has 0 amide bonds. The molecule has 0 saturated carbocycles. The normalized spacial score (nSPS) is 12.3. The summed E-state index contributed by atoms with van der Waals surface area (Å²) in [6.45, 7) is 5.61. The number of ether oxygens (including phenoxy) is 1. The highest BCUT2D eigenvalue weighted by molar-refractivity contribution is 5.87. The third-order valence-electron chi connectivity index (χ3n) is 4.37. The first-order chi connectivity index (χ1) is 13.0. The molecule has 1 atom stereocenters. The molecule has 27 heavy (non-hydrogen) atoms. The topological polar surface area (TPSA) is 44.1 Å². The molecular formula is C22H21FN2O2. The number of nitrogens with zero attached hydrogens (tertiary/aromatic N) is 2. The summed E-state index contributed by atoms with van der Waals surface area (Å²) >= 11 is 0. The Kier molecular flexibility index (Phi) is 5.50. The zero-order chi connectivity index (χ0) is 19.4. The number of para-hydroxylation sites is 1. The van der Waals surface area contributed by atoms with Gasteiger partial charge in [-0.1, -0.05) is 30.3 Å². The van der Waals surface area contributed by atoms with Gasteiger partial charge in [-0.3, -0.25) is 0 Å². The Balaban J connectivity index is 1.73. The Bertz CT molecular complexity index is 960. The molecule has 1 aromatic heterocycles. The summed E-state index contributed by atoms with van der Waals surface area (Å²) in [5.74, 6) is -0.781. The molecule has 0 N–H and O–H groups in total. The van der Waals surface area contributed by atoms with Crippen LogP contribution in [0.5, 0.6) is 0 Å². The Hall–Kier alpha value is -3.21. The maximum absolute atomic E-state index is 13.0. The highest BCUT2D eigenvalue weighted by atomic mass is 19.1. The monoisotopic (exact) mass is 364 g/mol. The van der Waals surface area contributed by atoms with Crippen LogP contribution in [0.2, 0.25) is 0 Å². The summed E-state index contributed by atoms with van der Waals surface area (Å²) < 4.78 is 20.2. The minimum absolute atomic E-state index is 0.321. The van der Waals surface area contributed by atoms with E-state index in [1.54, 1.807) is 25.1 Å². The largest absolute Gasteiger partial charge is 0.455 e. The van der Waals surface area contributed by atoms with Gasteiger partial charge in [0.05, 0.1) is 11.4 Å². The van der Waals surface area contributed by atoms with Crippen molar-refractivity contribution in [3.8, 4) is 5.69 Å². The first-order valence-corrected chi connectivity index (χ1v) is 8.71. The SMILES string of the molecule is Cc1nn(-c2ccccc2)c(C)c1/C=C/C(=O)O[C@H](C)c1ccc(F)cc1. The lowest BCUT2D eigenvalue weighted by Crippen LogP contribution is -2.06. The maximum atomic E-state index is 13.0. The van der Waals surface area contributed by atoms with Crippen LogP contribution in [-0.2, 0) is 9.53 Å². The van der Waals surface area contributed by atoms with Gasteiger partial charge in [0.15, 0.2) is 0 Å². The van der Waals surface area contributed by atoms with E-state index in [1.807, 2.05) is 48.9 Å². The molecule has 0 spiro atoms. The van der Waals surface area contributed by atoms with Gasteiger partial charge in [-0.25, -0.2) is 13.9 Å². The van der Waals surface area contributed by atoms with Gasteiger partial charge in [-0.2, -0.15) is 5.10 Å². The molecule has 3 aromatic rings. The summed E-state index contributed by atoms with van der Waals surface area (Å²) in [5, 5.41) is 4.55. The Morgan fingerprint density at radius 3 is 2.44 bits per heavy atom. The molecule has 2 aromatic carbocycles. The summed E-state index contributed by atoms with van der Waals surface area (Å²) in [4.78, 5) is 12.2. The van der Waals surface area contributed by atoms with Crippen LogP contribution in [0.1, 0.15) is 35.5 Å². The molecule has 0 aliphatic carbocycles. The van der Waals surface area contributed by atoms with E-state index in [9.17, 15) is 9.18 Å². The Labute approximate surface area is 157 Å². The van der Waals surface area contributed by atoms with Crippen LogP contribution >= 0.6 is 0 Å². The fourth-order valence-electron chi connectivity index (χ4n) is 2.88. The van der Waals surface area contributed by atoms with Crippen molar-refractivity contribution < 1.29 is 13.9 Å². The third-order valence-corrected chi connectivity index (χ3v) is 4.37. The standard InChI is InChI=1S/C22H21FN2O2/c1-15-21(16(2)25(24-15)20-7-5-4-6-8-20)13-14-22(26)27-17(3)18-9-11-19(23)12-10-18/h4-14,17H,1-3H3/b14-13+/t17-/m1/s1. The Morgan fingerprint density at radius 1 is 1.11 bits per heavy atom. The predicted octanol–water partition coefficient (Wildman–Crippen LogP) is 4.95. The number of hydrogen-bond acceptors (Lipinski definition) is 3. The fraction of sp³-hybridized carbons (Fsp3) is 0.182. The molecule has 5 heteroatoms. The zero-order valence-corrected chi connectivity index (χ0v) is 15.5. The summed E-state index contributed by atoms with van der Waals surface area (Å²) in [7, 11) is 0. The number of benzene rings is 2. The van der Waals surface area contributed by atoms with Crippen LogP contribution in [0.15, 0.2) is 60.7 Å². The van der Waals surface area contributed by atoms with Crippen molar-refractivity contribution in [1.29, 1.82) is 0 Å². The zero-order valence-electron chi connectivity index (χ0n) is 15.5. The van der Waals surface area contributed by atoms with Crippen molar-refractivity contribution in [2.45, 2.75) is 26.9 Å². The molecule has 0 saturated heterocycles. The minimum atomic E-state index is -0.461. The van der Waals surface area contributed by atoms with Crippen LogP contribution < -0.4 is 0 Å². The average Bonchev–Trinajstić information content (AvgIpc) is 2.95. The quantitative estimate of drug-likeness (QED) is 0.475. The molecule has 3 rings (SSSR count). The van der Waals surface area contributed by atoms with E-state index < -0.39 is 12.1 Å². The first-order valence-electron chi connectivity index (χ1n) is 8.71. The summed E-state index contributed by atoms with van der Waals surface area (Å²) in [5.41, 5.74) is 4.35. The number of halogens is 1. The smallest absolute Gasteiger partial charge is 0.331 e. The molecule has 138 valence electrons. The number of hydrogen-bond donors (Lipinski definition) is 0. The van der Waals surface area contributed by atoms with Crippen molar-refractivity contribution in [2.75, 3.05) is 0 Å². The number of aromatic nitrogens is 2. The molecule has 0 fully saturated rings. The molecule has 4 nitrogen and oxygen atoms in total. The molecule has 0 bridgehead atoms. The van der Waals surface area contributed by atoms with E-state index in [2.05, 4.69) is 5.10 Å². The second-order valence-corrected chi connectivity index (χ2v) is 6.30. The van der Waals surface area contributed by atoms with Gasteiger partial charge < -0.3 is 4.74 Å². The second-order valence-electron chi connectivity index (χ2n) is 6.30. The van der Waals surface area contributed by atoms with Crippen molar-refractivity contribution in [1.82, 2.24) is 9.78 Å². The lowest BCUT2D eigenvalue weighted by atomic mass is 10.1. The van der Waals surface area contributed by atoms with E-state index in [-0.39, 0.29) is 5.82 Å². The van der Waals surface area contributed by atoms with Crippen molar-refractivity contribution >= 4 is 12.0 Å². The van der Waals surface area contributed by atoms with Crippen LogP contribution in [-0.4, -0.2) is 15.7 Å². The van der Waals surface area contributed by atoms with Gasteiger partial charge >= 0.3 is 5.97 Å². The summed E-state index contributed by atoms with van der Waals surface area (Å²) in [6.07, 6.45) is 2.65. The maximum Gasteiger partial charge on any atom is 0.331 e. The molecule has 0 aliphatic heterocycles. The number of aryl methyl sites for hydroxylation is 1. The highest BCUT2D eigenvalue weighted by Gasteiger charge is 2.13. The van der Waals surface area contributed by atoms with E-state index >= 15 is 0 Å². The van der Waals surface area contributed by atoms with Gasteiger partial charge in [-0.15, -0.1) is 0 Å². The van der Waals surface area contributed by atoms with Gasteiger partial charge in [0, 0.05) is 17.3 Å². The van der Waals surface area contributed by atoms with Gasteiger partial charge in [0.1, 0.15) is 11.9 Å². The van der Waals surface area contributed by atoms with E-state index in [0.717, 1.165) is 28.2 Å². The van der Waals surface area contributed by atoms with Crippen molar-refractivity contribution in [3.63, 3.8) is 0 Å². The predicted molar refractivity (Wildman–Crippen MR) is 103 cm³/mol. The number of esters is 1. The number of carbonyl (C=O) groups is 1. The highest BCUT2D eigenvalue weighted by Crippen LogP contribution is 2.20. The van der Waals surface area contributed by atoms with Crippen LogP contribution in [0.4, 0.5) is 4.39 Å². The molecular weight excluding hydrogens is 343 g/mol. The summed E-state index contributed by atoms with van der Waals surface area (Å²) in [6, 6.07) is 15.7. The first kappa shape index (κ1) is 18.6. The van der Waals surface area contributed by atoms with Crippen LogP contribution in [0.3, 0.4) is 0 Å². The van der Waals surface area contributed by atoms with Crippen molar-refractivity contribution in [3.05, 3.63) is 89.0 Å². The van der Waals surface area contributed by atoms with E-state index in [0.29, 0.717) is 0 Å². The molecule has 0 aliphatic rings. The van der Waals surface area contributed by atoms with Gasteiger partial charge in [0.25, 0.3) is 0 Å². The Morgan fingerprint density at radius 2 is 1.78 bits per heavy atom. The van der Waals surface area contributed by atoms with Crippen LogP contribution in [0.25, 0.3) is 11.8 Å². The lowest BCUT2D eigenvalue weighted by molar-refractivity contribution is -0.142. The van der Waals surface area contributed by atoms with Gasteiger partial charge in [0.2, 0.25) is 0 Å². The third kappa shape index (κ3) is 4.31. The van der Waals surface area contributed by atoms with E-state index in [1.165, 1.54) is 18.2 Å². The molecule has 0 radical (unpaired) electrons. The van der Waals surface area contributed by atoms with E-state index in [4.69, 9.17) is 4.74 Å². The molecule has 0 unspecified atom stereocenters. The van der Waals surface area contributed by atoms with Gasteiger partial charge in [-0.05, 0) is 56.7 Å². The fourth-order valence-corrected chi connectivity index (χ4v) is 2.88. The number of rotatable bonds is 5.